The summed E-state index contributed by atoms with van der Waals surface area (Å²) in [4.78, 5) is 1.04. The summed E-state index contributed by atoms with van der Waals surface area (Å²) >= 11 is 3.13. The van der Waals surface area contributed by atoms with E-state index in [1.165, 1.54) is 6.07 Å². The van der Waals surface area contributed by atoms with Crippen molar-refractivity contribution in [3.05, 3.63) is 35.1 Å². The van der Waals surface area contributed by atoms with Crippen molar-refractivity contribution in [3.63, 3.8) is 0 Å². The number of halogens is 1. The van der Waals surface area contributed by atoms with Crippen LogP contribution in [0.2, 0.25) is 0 Å². The normalized spacial score (nSPS) is 12.2. The van der Waals surface area contributed by atoms with Gasteiger partial charge in [-0.3, -0.25) is 0 Å². The van der Waals surface area contributed by atoms with Crippen LogP contribution < -0.4 is 5.32 Å². The maximum absolute atomic E-state index is 13.2. The quantitative estimate of drug-likeness (QED) is 0.774. The van der Waals surface area contributed by atoms with Crippen LogP contribution in [0.4, 0.5) is 4.39 Å². The molecule has 0 radical (unpaired) electrons. The van der Waals surface area contributed by atoms with Gasteiger partial charge in [0.05, 0.1) is 11.4 Å². The molecule has 0 fully saturated rings. The minimum Gasteiger partial charge on any atom is -0.306 e. The van der Waals surface area contributed by atoms with Gasteiger partial charge in [-0.1, -0.05) is 17.4 Å². The Morgan fingerprint density at radius 3 is 2.71 bits per heavy atom. The van der Waals surface area contributed by atoms with Crippen molar-refractivity contribution < 1.29 is 4.39 Å². The second kappa shape index (κ2) is 5.44. The number of rotatable bonds is 3. The fourth-order valence-corrected chi connectivity index (χ4v) is 3.78. The Labute approximate surface area is 130 Å². The fraction of sp³-hybridized carbons (Fsp3) is 0.333. The molecular weight excluding hydrogens is 305 g/mol. The van der Waals surface area contributed by atoms with Crippen LogP contribution in [-0.4, -0.2) is 15.7 Å². The summed E-state index contributed by atoms with van der Waals surface area (Å²) in [6.45, 7) is 7.07. The predicted octanol–water partition coefficient (Wildman–Crippen LogP) is 4.45. The van der Waals surface area contributed by atoms with Gasteiger partial charge in [-0.05, 0) is 44.4 Å². The molecule has 6 heteroatoms. The number of benzene rings is 1. The Morgan fingerprint density at radius 2 is 1.95 bits per heavy atom. The minimum atomic E-state index is -0.205. The minimum absolute atomic E-state index is 0.0565. The summed E-state index contributed by atoms with van der Waals surface area (Å²) in [5.41, 5.74) is 0.0565. The molecule has 0 aliphatic rings. The molecule has 0 unspecified atom stereocenters. The Morgan fingerprint density at radius 1 is 1.14 bits per heavy atom. The van der Waals surface area contributed by atoms with Crippen LogP contribution in [0.3, 0.4) is 0 Å². The van der Waals surface area contributed by atoms with Crippen molar-refractivity contribution in [2.24, 2.45) is 0 Å². The summed E-state index contributed by atoms with van der Waals surface area (Å²) in [6.07, 6.45) is 0. The zero-order chi connectivity index (χ0) is 15.0. The summed E-state index contributed by atoms with van der Waals surface area (Å²) < 4.78 is 14.2. The van der Waals surface area contributed by atoms with E-state index in [1.807, 2.05) is 6.07 Å². The molecule has 2 aromatic heterocycles. The molecule has 0 saturated heterocycles. The van der Waals surface area contributed by atoms with Crippen molar-refractivity contribution in [2.75, 3.05) is 0 Å². The van der Waals surface area contributed by atoms with E-state index in [1.54, 1.807) is 34.8 Å². The fourth-order valence-electron chi connectivity index (χ4n) is 1.88. The van der Waals surface area contributed by atoms with Crippen molar-refractivity contribution in [2.45, 2.75) is 32.9 Å². The smallest absolute Gasteiger partial charge is 0.157 e. The lowest BCUT2D eigenvalue weighted by Crippen LogP contribution is -2.35. The van der Waals surface area contributed by atoms with E-state index in [-0.39, 0.29) is 11.4 Å². The number of aromatic nitrogens is 2. The first-order valence-electron chi connectivity index (χ1n) is 6.68. The second-order valence-corrected chi connectivity index (χ2v) is 8.04. The van der Waals surface area contributed by atoms with E-state index in [0.29, 0.717) is 6.54 Å². The summed E-state index contributed by atoms with van der Waals surface area (Å²) in [7, 11) is 0. The molecule has 0 saturated carbocycles. The third-order valence-corrected chi connectivity index (χ3v) is 5.12. The Kier molecular flexibility index (Phi) is 3.77. The van der Waals surface area contributed by atoms with Crippen molar-refractivity contribution in [1.82, 2.24) is 15.5 Å². The summed E-state index contributed by atoms with van der Waals surface area (Å²) in [5, 5.41) is 14.8. The van der Waals surface area contributed by atoms with Gasteiger partial charge in [0.1, 0.15) is 10.8 Å². The van der Waals surface area contributed by atoms with Gasteiger partial charge in [0.2, 0.25) is 0 Å². The van der Waals surface area contributed by atoms with Gasteiger partial charge >= 0.3 is 0 Å². The van der Waals surface area contributed by atoms with Crippen molar-refractivity contribution in [3.8, 4) is 9.88 Å². The lowest BCUT2D eigenvalue weighted by molar-refractivity contribution is 0.423. The number of fused-ring (bicyclic) bond motifs is 1. The molecule has 0 aliphatic heterocycles. The number of nitrogens with one attached hydrogen (secondary N) is 1. The largest absolute Gasteiger partial charge is 0.306 e. The van der Waals surface area contributed by atoms with Crippen LogP contribution >= 0.6 is 22.7 Å². The predicted molar refractivity (Wildman–Crippen MR) is 87.3 cm³/mol. The third-order valence-electron chi connectivity index (χ3n) is 2.93. The molecule has 21 heavy (non-hydrogen) atoms. The van der Waals surface area contributed by atoms with E-state index >= 15 is 0 Å². The molecule has 110 valence electrons. The highest BCUT2D eigenvalue weighted by Gasteiger charge is 2.13. The molecule has 0 atom stereocenters. The topological polar surface area (TPSA) is 37.8 Å². The Balaban J connectivity index is 1.84. The first-order valence-corrected chi connectivity index (χ1v) is 8.31. The van der Waals surface area contributed by atoms with Crippen LogP contribution in [0, 0.1) is 5.82 Å². The standard InChI is InChI=1S/C15H16FN3S2/c1-15(2,3)17-8-13-18-19-14(21-13)12-6-9-4-5-10(16)7-11(9)20-12/h4-7,17H,8H2,1-3H3. The SMILES string of the molecule is CC(C)(C)NCc1nnc(-c2cc3ccc(F)cc3s2)s1. The average Bonchev–Trinajstić information content (AvgIpc) is 3.00. The van der Waals surface area contributed by atoms with Crippen LogP contribution in [0.5, 0.6) is 0 Å². The van der Waals surface area contributed by atoms with E-state index in [9.17, 15) is 4.39 Å². The van der Waals surface area contributed by atoms with E-state index in [2.05, 4.69) is 36.3 Å². The van der Waals surface area contributed by atoms with Gasteiger partial charge in [0.15, 0.2) is 5.01 Å². The molecule has 2 heterocycles. The molecule has 0 amide bonds. The van der Waals surface area contributed by atoms with Crippen LogP contribution in [0.15, 0.2) is 24.3 Å². The lowest BCUT2D eigenvalue weighted by Gasteiger charge is -2.19. The molecule has 0 bridgehead atoms. The lowest BCUT2D eigenvalue weighted by atomic mass is 10.1. The Hall–Kier alpha value is -1.37. The first kappa shape index (κ1) is 14.6. The van der Waals surface area contributed by atoms with Gasteiger partial charge in [-0.25, -0.2) is 4.39 Å². The molecule has 1 aromatic carbocycles. The monoisotopic (exact) mass is 321 g/mol. The van der Waals surface area contributed by atoms with Crippen LogP contribution in [-0.2, 0) is 6.54 Å². The number of hydrogen-bond acceptors (Lipinski definition) is 5. The maximum Gasteiger partial charge on any atom is 0.157 e. The molecule has 1 N–H and O–H groups in total. The maximum atomic E-state index is 13.2. The van der Waals surface area contributed by atoms with Gasteiger partial charge in [0, 0.05) is 10.2 Å². The van der Waals surface area contributed by atoms with Gasteiger partial charge in [-0.15, -0.1) is 21.5 Å². The molecule has 3 rings (SSSR count). The van der Waals surface area contributed by atoms with Gasteiger partial charge < -0.3 is 5.32 Å². The summed E-state index contributed by atoms with van der Waals surface area (Å²) in [5.74, 6) is -0.205. The van der Waals surface area contributed by atoms with E-state index in [0.717, 1.165) is 25.0 Å². The van der Waals surface area contributed by atoms with Gasteiger partial charge in [-0.2, -0.15) is 0 Å². The average molecular weight is 321 g/mol. The zero-order valence-corrected chi connectivity index (χ0v) is 13.7. The zero-order valence-electron chi connectivity index (χ0n) is 12.1. The van der Waals surface area contributed by atoms with E-state index < -0.39 is 0 Å². The molecular formula is C15H16FN3S2. The van der Waals surface area contributed by atoms with Crippen LogP contribution in [0.1, 0.15) is 25.8 Å². The van der Waals surface area contributed by atoms with Gasteiger partial charge in [0.25, 0.3) is 0 Å². The molecule has 0 aliphatic carbocycles. The van der Waals surface area contributed by atoms with Crippen LogP contribution in [0.25, 0.3) is 20.0 Å². The molecule has 3 nitrogen and oxygen atoms in total. The highest BCUT2D eigenvalue weighted by atomic mass is 32.1. The van der Waals surface area contributed by atoms with Crippen molar-refractivity contribution in [1.29, 1.82) is 0 Å². The summed E-state index contributed by atoms with van der Waals surface area (Å²) in [6, 6.07) is 6.89. The van der Waals surface area contributed by atoms with Crippen molar-refractivity contribution >= 4 is 32.8 Å². The third kappa shape index (κ3) is 3.45. The first-order chi connectivity index (χ1) is 9.90. The number of nitrogens with zero attached hydrogens (tertiary/aromatic N) is 2. The molecule has 0 spiro atoms. The Bertz CT molecular complexity index is 771. The van der Waals surface area contributed by atoms with E-state index in [4.69, 9.17) is 0 Å². The number of thiophene rings is 1. The second-order valence-electron chi connectivity index (χ2n) is 5.90. The number of hydrogen-bond donors (Lipinski definition) is 1. The highest BCUT2D eigenvalue weighted by molar-refractivity contribution is 7.25. The highest BCUT2D eigenvalue weighted by Crippen LogP contribution is 2.35. The molecule has 3 aromatic rings.